The predicted octanol–water partition coefficient (Wildman–Crippen LogP) is 1.40. The van der Waals surface area contributed by atoms with E-state index in [2.05, 4.69) is 25.5 Å². The molecule has 9 heteroatoms. The molecule has 0 atom stereocenters. The average molecular weight is 336 g/mol. The summed E-state index contributed by atoms with van der Waals surface area (Å²) < 4.78 is 5.29. The molecule has 0 bridgehead atoms. The molecule has 1 aromatic rings. The highest BCUT2D eigenvalue weighted by Gasteiger charge is 2.10. The summed E-state index contributed by atoms with van der Waals surface area (Å²) in [4.78, 5) is 10.2. The fourth-order valence-corrected chi connectivity index (χ4v) is 2.30. The summed E-state index contributed by atoms with van der Waals surface area (Å²) >= 11 is 16.7. The van der Waals surface area contributed by atoms with Gasteiger partial charge in [0.05, 0.1) is 19.4 Å². The van der Waals surface area contributed by atoms with Crippen LogP contribution in [0.4, 0.5) is 5.82 Å². The van der Waals surface area contributed by atoms with Crippen LogP contribution in [0.2, 0.25) is 10.3 Å². The highest BCUT2D eigenvalue weighted by Crippen LogP contribution is 2.17. The molecule has 20 heavy (non-hydrogen) atoms. The standard InChI is InChI=1S/C11H15Cl2N5OS/c12-8-7-15-10(9(13)16-8)17-11(20)14-1-2-18-3-5-19-6-4-18/h7H,1-6H2,(H2,14,15,17,20). The van der Waals surface area contributed by atoms with Gasteiger partial charge in [0.25, 0.3) is 0 Å². The van der Waals surface area contributed by atoms with E-state index in [1.165, 1.54) is 6.20 Å². The smallest absolute Gasteiger partial charge is 0.173 e. The van der Waals surface area contributed by atoms with Crippen LogP contribution in [0.5, 0.6) is 0 Å². The van der Waals surface area contributed by atoms with Crippen LogP contribution in [0, 0.1) is 0 Å². The first kappa shape index (κ1) is 15.7. The Morgan fingerprint density at radius 2 is 2.15 bits per heavy atom. The molecule has 6 nitrogen and oxygen atoms in total. The number of nitrogens with one attached hydrogen (secondary N) is 2. The Hall–Kier alpha value is -0.730. The molecule has 0 radical (unpaired) electrons. The monoisotopic (exact) mass is 335 g/mol. The van der Waals surface area contributed by atoms with Crippen LogP contribution < -0.4 is 10.6 Å². The van der Waals surface area contributed by atoms with Crippen LogP contribution in [0.15, 0.2) is 6.20 Å². The molecule has 0 aliphatic carbocycles. The minimum absolute atomic E-state index is 0.190. The number of nitrogens with zero attached hydrogens (tertiary/aromatic N) is 3. The van der Waals surface area contributed by atoms with E-state index in [0.717, 1.165) is 39.4 Å². The molecule has 1 aliphatic rings. The molecular weight excluding hydrogens is 321 g/mol. The van der Waals surface area contributed by atoms with Gasteiger partial charge < -0.3 is 15.4 Å². The van der Waals surface area contributed by atoms with Gasteiger partial charge in [0.2, 0.25) is 0 Å². The fraction of sp³-hybridized carbons (Fsp3) is 0.545. The van der Waals surface area contributed by atoms with Gasteiger partial charge in [-0.3, -0.25) is 4.90 Å². The van der Waals surface area contributed by atoms with Gasteiger partial charge in [-0.15, -0.1) is 0 Å². The molecular formula is C11H15Cl2N5OS. The van der Waals surface area contributed by atoms with Crippen molar-refractivity contribution in [3.05, 3.63) is 16.5 Å². The van der Waals surface area contributed by atoms with Crippen LogP contribution in [0.25, 0.3) is 0 Å². The summed E-state index contributed by atoms with van der Waals surface area (Å²) in [6.07, 6.45) is 1.41. The van der Waals surface area contributed by atoms with Gasteiger partial charge in [-0.05, 0) is 12.2 Å². The number of rotatable bonds is 4. The number of anilines is 1. The van der Waals surface area contributed by atoms with Crippen LogP contribution in [0.3, 0.4) is 0 Å². The average Bonchev–Trinajstić information content (AvgIpc) is 2.43. The predicted molar refractivity (Wildman–Crippen MR) is 83.5 cm³/mol. The third-order valence-corrected chi connectivity index (χ3v) is 3.44. The Bertz CT molecular complexity index is 470. The molecule has 1 fully saturated rings. The molecule has 0 saturated carbocycles. The number of hydrogen-bond donors (Lipinski definition) is 2. The molecule has 0 spiro atoms. The topological polar surface area (TPSA) is 62.3 Å². The number of ether oxygens (including phenoxy) is 1. The lowest BCUT2D eigenvalue weighted by Crippen LogP contribution is -2.42. The molecule has 0 unspecified atom stereocenters. The Balaban J connectivity index is 1.72. The summed E-state index contributed by atoms with van der Waals surface area (Å²) in [5.41, 5.74) is 0. The van der Waals surface area contributed by atoms with Gasteiger partial charge in [-0.1, -0.05) is 23.2 Å². The second-order valence-electron chi connectivity index (χ2n) is 4.17. The lowest BCUT2D eigenvalue weighted by atomic mass is 10.4. The van der Waals surface area contributed by atoms with E-state index in [-0.39, 0.29) is 10.3 Å². The van der Waals surface area contributed by atoms with Crippen molar-refractivity contribution in [1.82, 2.24) is 20.2 Å². The van der Waals surface area contributed by atoms with Crippen molar-refractivity contribution >= 4 is 46.4 Å². The third kappa shape index (κ3) is 4.99. The summed E-state index contributed by atoms with van der Waals surface area (Å²) in [6.45, 7) is 5.14. The van der Waals surface area contributed by atoms with Crippen molar-refractivity contribution < 1.29 is 4.74 Å². The fourth-order valence-electron chi connectivity index (χ4n) is 1.73. The Morgan fingerprint density at radius 3 is 2.85 bits per heavy atom. The maximum Gasteiger partial charge on any atom is 0.173 e. The number of aromatic nitrogens is 2. The highest BCUT2D eigenvalue weighted by molar-refractivity contribution is 7.80. The second-order valence-corrected chi connectivity index (χ2v) is 5.32. The summed E-state index contributed by atoms with van der Waals surface area (Å²) in [5.74, 6) is 0.389. The van der Waals surface area contributed by atoms with E-state index in [1.807, 2.05) is 0 Å². The lowest BCUT2D eigenvalue weighted by Gasteiger charge is -2.26. The zero-order chi connectivity index (χ0) is 14.4. The molecule has 0 amide bonds. The van der Waals surface area contributed by atoms with Crippen molar-refractivity contribution in [2.75, 3.05) is 44.7 Å². The number of thiocarbonyl (C=S) groups is 1. The van der Waals surface area contributed by atoms with Crippen LogP contribution >= 0.6 is 35.4 Å². The van der Waals surface area contributed by atoms with Crippen LogP contribution in [0.1, 0.15) is 0 Å². The van der Waals surface area contributed by atoms with Gasteiger partial charge >= 0.3 is 0 Å². The van der Waals surface area contributed by atoms with Crippen molar-refractivity contribution in [1.29, 1.82) is 0 Å². The maximum atomic E-state index is 5.90. The first-order valence-corrected chi connectivity index (χ1v) is 7.34. The first-order valence-electron chi connectivity index (χ1n) is 6.18. The van der Waals surface area contributed by atoms with E-state index < -0.39 is 0 Å². The largest absolute Gasteiger partial charge is 0.379 e. The minimum atomic E-state index is 0.190. The van der Waals surface area contributed by atoms with Gasteiger partial charge in [0.1, 0.15) is 5.15 Å². The number of halogens is 2. The SMILES string of the molecule is S=C(NCCN1CCOCC1)Nc1ncc(Cl)nc1Cl. The minimum Gasteiger partial charge on any atom is -0.379 e. The highest BCUT2D eigenvalue weighted by atomic mass is 35.5. The summed E-state index contributed by atoms with van der Waals surface area (Å²) in [7, 11) is 0. The van der Waals surface area contributed by atoms with Crippen molar-refractivity contribution in [3.8, 4) is 0 Å². The first-order chi connectivity index (χ1) is 9.65. The Kier molecular flexibility index (Phi) is 6.18. The zero-order valence-electron chi connectivity index (χ0n) is 10.7. The Morgan fingerprint density at radius 1 is 1.40 bits per heavy atom. The summed E-state index contributed by atoms with van der Waals surface area (Å²) in [6, 6.07) is 0. The van der Waals surface area contributed by atoms with E-state index in [0.29, 0.717) is 10.9 Å². The van der Waals surface area contributed by atoms with Gasteiger partial charge in [-0.25, -0.2) is 9.97 Å². The van der Waals surface area contributed by atoms with Gasteiger partial charge in [0.15, 0.2) is 16.1 Å². The van der Waals surface area contributed by atoms with E-state index in [9.17, 15) is 0 Å². The van der Waals surface area contributed by atoms with Crippen molar-refractivity contribution in [2.24, 2.45) is 0 Å². The van der Waals surface area contributed by atoms with Gasteiger partial charge in [0, 0.05) is 26.2 Å². The summed E-state index contributed by atoms with van der Waals surface area (Å²) in [5, 5.41) is 6.87. The van der Waals surface area contributed by atoms with Gasteiger partial charge in [-0.2, -0.15) is 0 Å². The Labute approximate surface area is 132 Å². The molecule has 110 valence electrons. The quantitative estimate of drug-likeness (QED) is 0.806. The molecule has 1 saturated heterocycles. The number of morpholine rings is 1. The van der Waals surface area contributed by atoms with Crippen LogP contribution in [-0.4, -0.2) is 59.4 Å². The molecule has 0 aromatic carbocycles. The van der Waals surface area contributed by atoms with Crippen molar-refractivity contribution in [3.63, 3.8) is 0 Å². The maximum absolute atomic E-state index is 5.90. The number of hydrogen-bond acceptors (Lipinski definition) is 5. The zero-order valence-corrected chi connectivity index (χ0v) is 13.1. The molecule has 1 aliphatic heterocycles. The van der Waals surface area contributed by atoms with E-state index in [1.54, 1.807) is 0 Å². The lowest BCUT2D eigenvalue weighted by molar-refractivity contribution is 0.0389. The molecule has 2 heterocycles. The third-order valence-electron chi connectivity index (χ3n) is 2.75. The molecule has 2 rings (SSSR count). The van der Waals surface area contributed by atoms with E-state index >= 15 is 0 Å². The van der Waals surface area contributed by atoms with Crippen LogP contribution in [-0.2, 0) is 4.74 Å². The molecule has 1 aromatic heterocycles. The van der Waals surface area contributed by atoms with E-state index in [4.69, 9.17) is 40.2 Å². The normalized spacial score (nSPS) is 15.9. The molecule has 2 N–H and O–H groups in total. The van der Waals surface area contributed by atoms with Crippen molar-refractivity contribution in [2.45, 2.75) is 0 Å². The second kappa shape index (κ2) is 7.90.